The van der Waals surface area contributed by atoms with Gasteiger partial charge in [-0.2, -0.15) is 0 Å². The lowest BCUT2D eigenvalue weighted by Crippen LogP contribution is -2.01. The number of halogens is 1. The predicted octanol–water partition coefficient (Wildman–Crippen LogP) is 2.37. The molecule has 1 aromatic carbocycles. The van der Waals surface area contributed by atoms with Gasteiger partial charge in [-0.1, -0.05) is 12.1 Å². The Kier molecular flexibility index (Phi) is 3.68. The highest BCUT2D eigenvalue weighted by Crippen LogP contribution is 2.32. The minimum Gasteiger partial charge on any atom is -0.383 e. The summed E-state index contributed by atoms with van der Waals surface area (Å²) < 4.78 is 14.8. The van der Waals surface area contributed by atoms with E-state index in [0.29, 0.717) is 22.5 Å². The third-order valence-electron chi connectivity index (χ3n) is 3.12. The number of carbonyl (C=O) groups is 1. The van der Waals surface area contributed by atoms with Crippen molar-refractivity contribution >= 4 is 33.9 Å². The number of anilines is 1. The first-order valence-electron chi connectivity index (χ1n) is 6.35. The van der Waals surface area contributed by atoms with Crippen molar-refractivity contribution in [2.75, 3.05) is 5.73 Å². The van der Waals surface area contributed by atoms with Crippen molar-refractivity contribution in [1.82, 2.24) is 14.5 Å². The summed E-state index contributed by atoms with van der Waals surface area (Å²) in [5.74, 6) is -0.00994. The van der Waals surface area contributed by atoms with Crippen LogP contribution < -0.4 is 11.5 Å². The molecular weight excluding hydrogens is 305 g/mol. The molecule has 0 saturated heterocycles. The number of fused-ring (bicyclic) bond motifs is 1. The summed E-state index contributed by atoms with van der Waals surface area (Å²) in [5, 5.41) is 0.0532. The van der Waals surface area contributed by atoms with E-state index in [0.717, 1.165) is 17.3 Å². The van der Waals surface area contributed by atoms with Crippen molar-refractivity contribution < 1.29 is 9.18 Å². The van der Waals surface area contributed by atoms with Crippen LogP contribution >= 0.6 is 11.8 Å². The Morgan fingerprint density at radius 2 is 2.00 bits per heavy atom. The van der Waals surface area contributed by atoms with Gasteiger partial charge in [0.1, 0.15) is 23.6 Å². The number of rotatable bonds is 3. The number of nitrogen functional groups attached to an aromatic ring is 1. The molecule has 0 radical (unpaired) electrons. The highest BCUT2D eigenvalue weighted by Gasteiger charge is 2.15. The number of carbonyl (C=O) groups excluding carboxylic acids is 1. The molecule has 0 saturated carbocycles. The Balaban J connectivity index is 2.07. The largest absolute Gasteiger partial charge is 0.383 e. The zero-order chi connectivity index (χ0) is 15.7. The number of hydrogen-bond donors (Lipinski definition) is 2. The molecule has 3 aromatic rings. The molecule has 6 nitrogen and oxygen atoms in total. The van der Waals surface area contributed by atoms with Crippen molar-refractivity contribution in [2.45, 2.75) is 11.4 Å². The summed E-state index contributed by atoms with van der Waals surface area (Å²) in [7, 11) is 0. The second-order valence-corrected chi connectivity index (χ2v) is 5.67. The molecule has 4 N–H and O–H groups in total. The summed E-state index contributed by atoms with van der Waals surface area (Å²) in [6.07, 6.45) is 3.10. The standard InChI is InChI=1S/C14H12FN5OS/c15-9-3-1-8(2-4-9)5-20-6-10(22-14(17)21)11-12(16)18-7-19-13(11)20/h1-4,6-7H,5H2,(H2,17,21)(H2,16,18,19). The fourth-order valence-electron chi connectivity index (χ4n) is 2.20. The second kappa shape index (κ2) is 5.64. The average Bonchev–Trinajstić information content (AvgIpc) is 2.80. The number of nitrogens with zero attached hydrogens (tertiary/aromatic N) is 3. The fraction of sp³-hybridized carbons (Fsp3) is 0.0714. The normalized spacial score (nSPS) is 11.0. The van der Waals surface area contributed by atoms with E-state index in [2.05, 4.69) is 9.97 Å². The predicted molar refractivity (Wildman–Crippen MR) is 82.9 cm³/mol. The molecular formula is C14H12FN5OS. The smallest absolute Gasteiger partial charge is 0.281 e. The monoisotopic (exact) mass is 317 g/mol. The summed E-state index contributed by atoms with van der Waals surface area (Å²) in [6, 6.07) is 6.16. The number of hydrogen-bond acceptors (Lipinski definition) is 5. The molecule has 0 bridgehead atoms. The summed E-state index contributed by atoms with van der Waals surface area (Å²) in [6.45, 7) is 0.465. The van der Waals surface area contributed by atoms with Gasteiger partial charge in [0.2, 0.25) is 0 Å². The topological polar surface area (TPSA) is 99.8 Å². The first-order chi connectivity index (χ1) is 10.5. The molecule has 2 heterocycles. The molecule has 0 unspecified atom stereocenters. The maximum Gasteiger partial charge on any atom is 0.281 e. The van der Waals surface area contributed by atoms with Crippen LogP contribution in [-0.2, 0) is 6.54 Å². The quantitative estimate of drug-likeness (QED) is 0.722. The number of aromatic nitrogens is 3. The van der Waals surface area contributed by atoms with E-state index < -0.39 is 5.24 Å². The van der Waals surface area contributed by atoms with E-state index in [9.17, 15) is 9.18 Å². The molecule has 0 aliphatic heterocycles. The Labute approximate surface area is 129 Å². The van der Waals surface area contributed by atoms with Crippen LogP contribution in [0.25, 0.3) is 11.0 Å². The van der Waals surface area contributed by atoms with Gasteiger partial charge in [0.05, 0.1) is 5.39 Å². The summed E-state index contributed by atoms with van der Waals surface area (Å²) in [5.41, 5.74) is 12.6. The van der Waals surface area contributed by atoms with Gasteiger partial charge in [-0.05, 0) is 29.5 Å². The van der Waals surface area contributed by atoms with Crippen LogP contribution in [0.4, 0.5) is 15.0 Å². The maximum absolute atomic E-state index is 13.0. The highest BCUT2D eigenvalue weighted by atomic mass is 32.2. The van der Waals surface area contributed by atoms with E-state index in [1.54, 1.807) is 18.3 Å². The van der Waals surface area contributed by atoms with Gasteiger partial charge in [0, 0.05) is 17.6 Å². The van der Waals surface area contributed by atoms with Crippen LogP contribution in [0.1, 0.15) is 5.56 Å². The zero-order valence-electron chi connectivity index (χ0n) is 11.4. The second-order valence-electron chi connectivity index (χ2n) is 4.63. The SMILES string of the molecule is NC(=O)Sc1cn(Cc2ccc(F)cc2)c2ncnc(N)c12. The highest BCUT2D eigenvalue weighted by molar-refractivity contribution is 8.13. The van der Waals surface area contributed by atoms with Gasteiger partial charge in [-0.15, -0.1) is 0 Å². The first-order valence-corrected chi connectivity index (χ1v) is 7.17. The molecule has 0 atom stereocenters. The van der Waals surface area contributed by atoms with Crippen LogP contribution in [0.3, 0.4) is 0 Å². The fourth-order valence-corrected chi connectivity index (χ4v) is 2.90. The molecule has 8 heteroatoms. The van der Waals surface area contributed by atoms with Crippen molar-refractivity contribution in [3.63, 3.8) is 0 Å². The van der Waals surface area contributed by atoms with Gasteiger partial charge < -0.3 is 16.0 Å². The molecule has 22 heavy (non-hydrogen) atoms. The minimum absolute atomic E-state index is 0.284. The molecule has 0 aliphatic carbocycles. The average molecular weight is 317 g/mol. The Bertz CT molecular complexity index is 846. The number of amides is 1. The van der Waals surface area contributed by atoms with Gasteiger partial charge in [-0.3, -0.25) is 4.79 Å². The first kappa shape index (κ1) is 14.3. The van der Waals surface area contributed by atoms with E-state index in [1.807, 2.05) is 4.57 Å². The van der Waals surface area contributed by atoms with Gasteiger partial charge in [0.25, 0.3) is 5.24 Å². The maximum atomic E-state index is 13.0. The third-order valence-corrected chi connectivity index (χ3v) is 3.86. The number of thioether (sulfide) groups is 1. The summed E-state index contributed by atoms with van der Waals surface area (Å²) in [4.78, 5) is 19.9. The van der Waals surface area contributed by atoms with Crippen molar-refractivity contribution in [2.24, 2.45) is 5.73 Å². The third kappa shape index (κ3) is 2.73. The van der Waals surface area contributed by atoms with E-state index in [-0.39, 0.29) is 11.6 Å². The lowest BCUT2D eigenvalue weighted by molar-refractivity contribution is 0.267. The lowest BCUT2D eigenvalue weighted by atomic mass is 10.2. The van der Waals surface area contributed by atoms with Crippen LogP contribution in [0.5, 0.6) is 0 Å². The van der Waals surface area contributed by atoms with Crippen molar-refractivity contribution in [3.8, 4) is 0 Å². The Morgan fingerprint density at radius 1 is 1.27 bits per heavy atom. The molecule has 112 valence electrons. The molecule has 0 spiro atoms. The molecule has 2 aromatic heterocycles. The Morgan fingerprint density at radius 3 is 2.68 bits per heavy atom. The van der Waals surface area contributed by atoms with Crippen molar-refractivity contribution in [1.29, 1.82) is 0 Å². The van der Waals surface area contributed by atoms with Gasteiger partial charge in [0.15, 0.2) is 0 Å². The summed E-state index contributed by atoms with van der Waals surface area (Å²) >= 11 is 0.874. The van der Waals surface area contributed by atoms with Crippen molar-refractivity contribution in [3.05, 3.63) is 48.2 Å². The van der Waals surface area contributed by atoms with E-state index in [4.69, 9.17) is 11.5 Å². The van der Waals surface area contributed by atoms with E-state index >= 15 is 0 Å². The minimum atomic E-state index is -0.538. The van der Waals surface area contributed by atoms with Crippen LogP contribution in [0.2, 0.25) is 0 Å². The molecule has 0 fully saturated rings. The van der Waals surface area contributed by atoms with Gasteiger partial charge >= 0.3 is 0 Å². The van der Waals surface area contributed by atoms with Crippen LogP contribution in [0.15, 0.2) is 41.7 Å². The van der Waals surface area contributed by atoms with Crippen LogP contribution in [0, 0.1) is 5.82 Å². The molecule has 0 aliphatic rings. The number of nitrogens with two attached hydrogens (primary N) is 2. The number of benzene rings is 1. The molecule has 1 amide bonds. The zero-order valence-corrected chi connectivity index (χ0v) is 12.2. The Hall–Kier alpha value is -2.61. The molecule has 3 rings (SSSR count). The van der Waals surface area contributed by atoms with E-state index in [1.165, 1.54) is 18.5 Å². The van der Waals surface area contributed by atoms with Gasteiger partial charge in [-0.25, -0.2) is 14.4 Å². The lowest BCUT2D eigenvalue weighted by Gasteiger charge is -2.04. The van der Waals surface area contributed by atoms with Crippen LogP contribution in [-0.4, -0.2) is 19.8 Å². The number of primary amides is 1.